The van der Waals surface area contributed by atoms with E-state index in [0.717, 1.165) is 17.0 Å². The summed E-state index contributed by atoms with van der Waals surface area (Å²) in [6.45, 7) is 4.09. The largest absolute Gasteiger partial charge is 0.481 e. The Bertz CT molecular complexity index is 735. The number of carbonyl (C=O) groups is 1. The summed E-state index contributed by atoms with van der Waals surface area (Å²) in [6.07, 6.45) is 4.48. The molecule has 2 heterocycles. The van der Waals surface area contributed by atoms with Crippen LogP contribution in [0.4, 0.5) is 0 Å². The van der Waals surface area contributed by atoms with Crippen LogP contribution in [0, 0.1) is 19.8 Å². The second kappa shape index (κ2) is 7.23. The molecule has 1 saturated carbocycles. The highest BCUT2D eigenvalue weighted by molar-refractivity contribution is 5.76. The van der Waals surface area contributed by atoms with Gasteiger partial charge in [0.2, 0.25) is 11.8 Å². The fourth-order valence-corrected chi connectivity index (χ4v) is 3.15. The van der Waals surface area contributed by atoms with Gasteiger partial charge in [-0.05, 0) is 38.2 Å². The molecule has 2 aromatic heterocycles. The minimum Gasteiger partial charge on any atom is -0.481 e. The first-order chi connectivity index (χ1) is 12.0. The Morgan fingerprint density at radius 1 is 1.40 bits per heavy atom. The van der Waals surface area contributed by atoms with Crippen LogP contribution < -0.4 is 10.1 Å². The molecule has 0 spiro atoms. The molecule has 1 aliphatic rings. The van der Waals surface area contributed by atoms with Crippen molar-refractivity contribution in [3.8, 4) is 5.88 Å². The number of aliphatic hydroxyl groups excluding tert-OH is 1. The third kappa shape index (κ3) is 3.82. The Morgan fingerprint density at radius 2 is 2.16 bits per heavy atom. The molecule has 25 heavy (non-hydrogen) atoms. The van der Waals surface area contributed by atoms with Gasteiger partial charge < -0.3 is 19.7 Å². The molecule has 2 N–H and O–H groups in total. The smallest absolute Gasteiger partial charge is 0.240 e. The van der Waals surface area contributed by atoms with Gasteiger partial charge in [0, 0.05) is 18.0 Å². The summed E-state index contributed by atoms with van der Waals surface area (Å²) in [5.74, 6) is 0.662. The summed E-state index contributed by atoms with van der Waals surface area (Å²) in [4.78, 5) is 21.0. The number of ether oxygens (including phenoxy) is 1. The topological polar surface area (TPSA) is 89.3 Å². The highest BCUT2D eigenvalue weighted by atomic mass is 16.5. The molecule has 3 rings (SSSR count). The first-order valence-electron chi connectivity index (χ1n) is 8.43. The number of carbonyl (C=O) groups excluding carboxylic acids is 1. The van der Waals surface area contributed by atoms with Crippen LogP contribution in [0.2, 0.25) is 0 Å². The number of nitrogens with one attached hydrogen (secondary N) is 1. The van der Waals surface area contributed by atoms with Gasteiger partial charge in [-0.3, -0.25) is 4.79 Å². The van der Waals surface area contributed by atoms with Crippen molar-refractivity contribution in [3.63, 3.8) is 0 Å². The minimum atomic E-state index is -0.283. The number of hydrogen-bond acceptors (Lipinski definition) is 5. The molecule has 1 unspecified atom stereocenters. The van der Waals surface area contributed by atoms with E-state index in [2.05, 4.69) is 15.3 Å². The van der Waals surface area contributed by atoms with E-state index >= 15 is 0 Å². The molecule has 134 valence electrons. The molecule has 0 aromatic carbocycles. The Kier molecular flexibility index (Phi) is 5.03. The van der Waals surface area contributed by atoms with Gasteiger partial charge in [0.05, 0.1) is 31.3 Å². The normalized spacial score (nSPS) is 20.6. The van der Waals surface area contributed by atoms with Gasteiger partial charge in [-0.1, -0.05) is 6.07 Å². The summed E-state index contributed by atoms with van der Waals surface area (Å²) in [6, 6.07) is 3.53. The quantitative estimate of drug-likeness (QED) is 0.829. The van der Waals surface area contributed by atoms with Gasteiger partial charge in [0.1, 0.15) is 6.54 Å². The lowest BCUT2D eigenvalue weighted by atomic mass is 9.75. The van der Waals surface area contributed by atoms with Crippen molar-refractivity contribution in [3.05, 3.63) is 41.6 Å². The van der Waals surface area contributed by atoms with Crippen LogP contribution >= 0.6 is 0 Å². The van der Waals surface area contributed by atoms with Crippen molar-refractivity contribution in [2.75, 3.05) is 7.11 Å². The SMILES string of the molecule is COc1ccc(C(NC(=O)Cn2cnc(C)c2C)C2CC(O)C2)cn1. The maximum absolute atomic E-state index is 12.5. The minimum absolute atomic E-state index is 0.0808. The number of imidazole rings is 1. The molecule has 2 aromatic rings. The monoisotopic (exact) mass is 344 g/mol. The maximum Gasteiger partial charge on any atom is 0.240 e. The highest BCUT2D eigenvalue weighted by Gasteiger charge is 2.35. The van der Waals surface area contributed by atoms with Crippen molar-refractivity contribution < 1.29 is 14.6 Å². The van der Waals surface area contributed by atoms with E-state index in [9.17, 15) is 9.90 Å². The average Bonchev–Trinajstić information content (AvgIpc) is 2.89. The van der Waals surface area contributed by atoms with Crippen molar-refractivity contribution >= 4 is 5.91 Å². The number of aryl methyl sites for hydroxylation is 1. The number of methoxy groups -OCH3 is 1. The third-order valence-electron chi connectivity index (χ3n) is 4.92. The Hall–Kier alpha value is -2.41. The molecule has 1 amide bonds. The molecule has 1 atom stereocenters. The van der Waals surface area contributed by atoms with E-state index in [4.69, 9.17) is 4.74 Å². The van der Waals surface area contributed by atoms with Crippen LogP contribution in [-0.2, 0) is 11.3 Å². The summed E-state index contributed by atoms with van der Waals surface area (Å²) >= 11 is 0. The van der Waals surface area contributed by atoms with E-state index in [1.165, 1.54) is 0 Å². The molecular weight excluding hydrogens is 320 g/mol. The third-order valence-corrected chi connectivity index (χ3v) is 4.92. The standard InChI is InChI=1S/C18H24N4O3/c1-11-12(2)22(10-20-11)9-16(24)21-18(14-6-15(23)7-14)13-4-5-17(25-3)19-8-13/h4-5,8,10,14-15,18,23H,6-7,9H2,1-3H3,(H,21,24). The van der Waals surface area contributed by atoms with Crippen LogP contribution in [0.5, 0.6) is 5.88 Å². The zero-order valence-corrected chi connectivity index (χ0v) is 14.8. The Morgan fingerprint density at radius 3 is 2.68 bits per heavy atom. The van der Waals surface area contributed by atoms with Crippen LogP contribution in [-0.4, -0.2) is 38.8 Å². The number of amides is 1. The number of aliphatic hydroxyl groups is 1. The van der Waals surface area contributed by atoms with Crippen LogP contribution in [0.3, 0.4) is 0 Å². The summed E-state index contributed by atoms with van der Waals surface area (Å²) in [5.41, 5.74) is 2.83. The molecule has 0 radical (unpaired) electrons. The lowest BCUT2D eigenvalue weighted by Gasteiger charge is -2.38. The molecule has 1 fully saturated rings. The summed E-state index contributed by atoms with van der Waals surface area (Å²) < 4.78 is 6.93. The van der Waals surface area contributed by atoms with Crippen LogP contribution in [0.25, 0.3) is 0 Å². The van der Waals surface area contributed by atoms with Crippen LogP contribution in [0.15, 0.2) is 24.7 Å². The van der Waals surface area contributed by atoms with Gasteiger partial charge >= 0.3 is 0 Å². The predicted molar refractivity (Wildman–Crippen MR) is 92.1 cm³/mol. The fourth-order valence-electron chi connectivity index (χ4n) is 3.15. The van der Waals surface area contributed by atoms with E-state index in [1.807, 2.05) is 24.5 Å². The van der Waals surface area contributed by atoms with E-state index in [1.54, 1.807) is 25.7 Å². The summed E-state index contributed by atoms with van der Waals surface area (Å²) in [5, 5.41) is 12.7. The average molecular weight is 344 g/mol. The number of aromatic nitrogens is 3. The lowest BCUT2D eigenvalue weighted by molar-refractivity contribution is -0.123. The van der Waals surface area contributed by atoms with Crippen molar-refractivity contribution in [2.45, 2.75) is 45.4 Å². The second-order valence-corrected chi connectivity index (χ2v) is 6.61. The molecule has 7 heteroatoms. The lowest BCUT2D eigenvalue weighted by Crippen LogP contribution is -2.42. The Balaban J connectivity index is 1.72. The second-order valence-electron chi connectivity index (χ2n) is 6.61. The first-order valence-corrected chi connectivity index (χ1v) is 8.43. The molecule has 1 aliphatic carbocycles. The number of nitrogens with zero attached hydrogens (tertiary/aromatic N) is 3. The Labute approximate surface area is 147 Å². The molecule has 0 aliphatic heterocycles. The van der Waals surface area contributed by atoms with Gasteiger partial charge in [-0.15, -0.1) is 0 Å². The molecular formula is C18H24N4O3. The maximum atomic E-state index is 12.5. The van der Waals surface area contributed by atoms with Crippen molar-refractivity contribution in [2.24, 2.45) is 5.92 Å². The molecule has 7 nitrogen and oxygen atoms in total. The predicted octanol–water partition coefficient (Wildman–Crippen LogP) is 1.53. The van der Waals surface area contributed by atoms with Gasteiger partial charge in [-0.2, -0.15) is 0 Å². The number of pyridine rings is 1. The van der Waals surface area contributed by atoms with Crippen molar-refractivity contribution in [1.29, 1.82) is 0 Å². The number of rotatable bonds is 6. The number of hydrogen-bond donors (Lipinski definition) is 2. The zero-order valence-electron chi connectivity index (χ0n) is 14.8. The van der Waals surface area contributed by atoms with Gasteiger partial charge in [0.25, 0.3) is 0 Å². The van der Waals surface area contributed by atoms with Gasteiger partial charge in [-0.25, -0.2) is 9.97 Å². The van der Waals surface area contributed by atoms with E-state index < -0.39 is 0 Å². The zero-order chi connectivity index (χ0) is 18.0. The molecule has 0 bridgehead atoms. The van der Waals surface area contributed by atoms with Crippen molar-refractivity contribution in [1.82, 2.24) is 19.9 Å². The fraction of sp³-hybridized carbons (Fsp3) is 0.500. The molecule has 0 saturated heterocycles. The van der Waals surface area contributed by atoms with E-state index in [0.29, 0.717) is 18.7 Å². The van der Waals surface area contributed by atoms with Crippen LogP contribution in [0.1, 0.15) is 35.8 Å². The first kappa shape index (κ1) is 17.4. The summed E-state index contributed by atoms with van der Waals surface area (Å²) in [7, 11) is 1.57. The highest BCUT2D eigenvalue weighted by Crippen LogP contribution is 2.38. The van der Waals surface area contributed by atoms with Gasteiger partial charge in [0.15, 0.2) is 0 Å². The van der Waals surface area contributed by atoms with E-state index in [-0.39, 0.29) is 30.5 Å².